The van der Waals surface area contributed by atoms with Gasteiger partial charge in [0.25, 0.3) is 5.91 Å². The van der Waals surface area contributed by atoms with Crippen LogP contribution < -0.4 is 16.0 Å². The fraction of sp³-hybridized carbons (Fsp3) is 0.667. The Hall–Kier alpha value is -2.45. The van der Waals surface area contributed by atoms with E-state index in [1.807, 2.05) is 0 Å². The topological polar surface area (TPSA) is 118 Å². The summed E-state index contributed by atoms with van der Waals surface area (Å²) in [6.45, 7) is 0.318. The van der Waals surface area contributed by atoms with Crippen LogP contribution in [0.5, 0.6) is 0 Å². The van der Waals surface area contributed by atoms with Crippen molar-refractivity contribution in [2.45, 2.75) is 63.6 Å². The molecule has 24 heavy (non-hydrogen) atoms. The van der Waals surface area contributed by atoms with Crippen molar-refractivity contribution in [3.63, 3.8) is 0 Å². The van der Waals surface area contributed by atoms with Crippen LogP contribution in [0.3, 0.4) is 0 Å². The van der Waals surface area contributed by atoms with Crippen molar-refractivity contribution in [3.8, 4) is 0 Å². The van der Waals surface area contributed by atoms with Crippen molar-refractivity contribution in [1.29, 1.82) is 0 Å². The molecule has 1 aromatic heterocycles. The lowest BCUT2D eigenvalue weighted by molar-refractivity contribution is -0.122. The maximum atomic E-state index is 12.0. The molecule has 0 unspecified atom stereocenters. The highest BCUT2D eigenvalue weighted by Crippen LogP contribution is 2.28. The van der Waals surface area contributed by atoms with E-state index in [9.17, 15) is 14.4 Å². The number of nitrogens with one attached hydrogen (secondary N) is 3. The van der Waals surface area contributed by atoms with E-state index in [4.69, 9.17) is 0 Å². The van der Waals surface area contributed by atoms with Gasteiger partial charge < -0.3 is 15.2 Å². The third-order valence-electron chi connectivity index (χ3n) is 4.58. The van der Waals surface area contributed by atoms with E-state index in [2.05, 4.69) is 30.7 Å². The molecule has 9 nitrogen and oxygen atoms in total. The molecule has 3 rings (SSSR count). The Morgan fingerprint density at radius 3 is 2.79 bits per heavy atom. The van der Waals surface area contributed by atoms with Gasteiger partial charge in [-0.25, -0.2) is 4.79 Å². The molecular weight excluding hydrogens is 312 g/mol. The van der Waals surface area contributed by atoms with Crippen LogP contribution >= 0.6 is 0 Å². The Kier molecular flexibility index (Phi) is 5.07. The van der Waals surface area contributed by atoms with Gasteiger partial charge in [-0.1, -0.05) is 19.3 Å². The summed E-state index contributed by atoms with van der Waals surface area (Å²) < 4.78 is 2.06. The van der Waals surface area contributed by atoms with Gasteiger partial charge >= 0.3 is 6.03 Å². The first-order valence-electron chi connectivity index (χ1n) is 8.40. The van der Waals surface area contributed by atoms with Gasteiger partial charge in [-0.05, 0) is 19.3 Å². The molecule has 4 amide bonds. The molecule has 1 aliphatic carbocycles. The van der Waals surface area contributed by atoms with Crippen molar-refractivity contribution in [2.75, 3.05) is 0 Å². The predicted octanol–water partition coefficient (Wildman–Crippen LogP) is 0.388. The second kappa shape index (κ2) is 7.41. The van der Waals surface area contributed by atoms with Crippen LogP contribution in [0.1, 0.15) is 56.8 Å². The van der Waals surface area contributed by atoms with Gasteiger partial charge in [0, 0.05) is 12.5 Å². The molecule has 2 heterocycles. The smallest absolute Gasteiger partial charge is 0.322 e. The van der Waals surface area contributed by atoms with Crippen LogP contribution in [-0.4, -0.2) is 38.7 Å². The first kappa shape index (κ1) is 16.4. The monoisotopic (exact) mass is 334 g/mol. The number of rotatable bonds is 6. The molecule has 0 radical (unpaired) electrons. The Labute approximate surface area is 139 Å². The maximum Gasteiger partial charge on any atom is 0.322 e. The molecule has 2 fully saturated rings. The molecule has 3 N–H and O–H groups in total. The molecule has 1 saturated carbocycles. The zero-order valence-corrected chi connectivity index (χ0v) is 13.5. The Morgan fingerprint density at radius 2 is 2.08 bits per heavy atom. The van der Waals surface area contributed by atoms with Gasteiger partial charge in [0.2, 0.25) is 5.91 Å². The van der Waals surface area contributed by atoms with E-state index >= 15 is 0 Å². The van der Waals surface area contributed by atoms with Crippen LogP contribution in [0.25, 0.3) is 0 Å². The molecule has 1 aliphatic heterocycles. The summed E-state index contributed by atoms with van der Waals surface area (Å²) >= 11 is 0. The number of hydrogen-bond donors (Lipinski definition) is 3. The summed E-state index contributed by atoms with van der Waals surface area (Å²) in [7, 11) is 0. The Balaban J connectivity index is 1.45. The third-order valence-corrected chi connectivity index (χ3v) is 4.58. The van der Waals surface area contributed by atoms with Crippen LogP contribution in [0.15, 0.2) is 6.33 Å². The largest absolute Gasteiger partial charge is 0.349 e. The first-order chi connectivity index (χ1) is 11.6. The van der Waals surface area contributed by atoms with Crippen LogP contribution in [-0.2, 0) is 16.1 Å². The Bertz CT molecular complexity index is 622. The Morgan fingerprint density at radius 1 is 1.29 bits per heavy atom. The van der Waals surface area contributed by atoms with Gasteiger partial charge in [0.15, 0.2) is 5.82 Å². The molecular formula is C15H22N6O3. The molecule has 130 valence electrons. The lowest BCUT2D eigenvalue weighted by Gasteiger charge is -2.24. The predicted molar refractivity (Wildman–Crippen MR) is 83.7 cm³/mol. The third kappa shape index (κ3) is 3.90. The average molecular weight is 334 g/mol. The number of carbonyl (C=O) groups is 3. The fourth-order valence-corrected chi connectivity index (χ4v) is 3.26. The quantitative estimate of drug-likeness (QED) is 0.650. The molecule has 0 spiro atoms. The molecule has 0 bridgehead atoms. The van der Waals surface area contributed by atoms with Gasteiger partial charge in [-0.15, -0.1) is 10.2 Å². The number of amides is 4. The van der Waals surface area contributed by atoms with Crippen molar-refractivity contribution in [3.05, 3.63) is 12.2 Å². The number of aromatic nitrogens is 3. The van der Waals surface area contributed by atoms with Crippen molar-refractivity contribution < 1.29 is 14.4 Å². The highest BCUT2D eigenvalue weighted by atomic mass is 16.2. The van der Waals surface area contributed by atoms with E-state index in [0.717, 1.165) is 18.7 Å². The minimum absolute atomic E-state index is 0.163. The summed E-state index contributed by atoms with van der Waals surface area (Å²) in [4.78, 5) is 34.4. The second-order valence-corrected chi connectivity index (χ2v) is 6.28. The molecule has 2 aliphatic rings. The molecule has 0 aromatic carbocycles. The number of imide groups is 1. The minimum atomic E-state index is -0.630. The summed E-state index contributed by atoms with van der Waals surface area (Å²) in [6.07, 6.45) is 8.11. The van der Waals surface area contributed by atoms with E-state index in [0.29, 0.717) is 12.6 Å². The second-order valence-electron chi connectivity index (χ2n) is 6.28. The van der Waals surface area contributed by atoms with Crippen molar-refractivity contribution in [2.24, 2.45) is 0 Å². The van der Waals surface area contributed by atoms with E-state index < -0.39 is 12.1 Å². The molecule has 9 heteroatoms. The minimum Gasteiger partial charge on any atom is -0.349 e. The highest BCUT2D eigenvalue weighted by molar-refractivity contribution is 6.04. The number of nitrogens with zero attached hydrogens (tertiary/aromatic N) is 3. The standard InChI is InChI=1S/C15H22N6O3/c22-13(7-6-11-14(23)19-15(24)18-11)16-8-12-20-17-9-21(12)10-4-2-1-3-5-10/h9-11H,1-8H2,(H,16,22)(H2,18,19,23,24)/t11-/m1/s1. The SMILES string of the molecule is O=C(CC[C@H]1NC(=O)NC1=O)NCc1nncn1C1CCCCC1. The number of carbonyl (C=O) groups excluding carboxylic acids is 3. The van der Waals surface area contributed by atoms with Gasteiger partial charge in [-0.2, -0.15) is 0 Å². The lowest BCUT2D eigenvalue weighted by Crippen LogP contribution is -2.32. The molecule has 1 saturated heterocycles. The van der Waals surface area contributed by atoms with E-state index in [1.165, 1.54) is 19.3 Å². The highest BCUT2D eigenvalue weighted by Gasteiger charge is 2.29. The zero-order chi connectivity index (χ0) is 16.9. The van der Waals surface area contributed by atoms with Crippen molar-refractivity contribution in [1.82, 2.24) is 30.7 Å². The first-order valence-corrected chi connectivity index (χ1v) is 8.40. The number of urea groups is 1. The van der Waals surface area contributed by atoms with Crippen molar-refractivity contribution >= 4 is 17.8 Å². The van der Waals surface area contributed by atoms with E-state index in [1.54, 1.807) is 6.33 Å². The maximum absolute atomic E-state index is 12.0. The lowest BCUT2D eigenvalue weighted by atomic mass is 9.95. The van der Waals surface area contributed by atoms with E-state index in [-0.39, 0.29) is 24.7 Å². The zero-order valence-electron chi connectivity index (χ0n) is 13.5. The molecule has 1 aromatic rings. The van der Waals surface area contributed by atoms with Gasteiger partial charge in [-0.3, -0.25) is 14.9 Å². The number of hydrogen-bond acceptors (Lipinski definition) is 5. The fourth-order valence-electron chi connectivity index (χ4n) is 3.26. The normalized spacial score (nSPS) is 21.4. The molecule has 1 atom stereocenters. The summed E-state index contributed by atoms with van der Waals surface area (Å²) in [6, 6.07) is -0.724. The summed E-state index contributed by atoms with van der Waals surface area (Å²) in [5, 5.41) is 15.5. The van der Waals surface area contributed by atoms with Crippen LogP contribution in [0.4, 0.5) is 4.79 Å². The van der Waals surface area contributed by atoms with Gasteiger partial charge in [0.1, 0.15) is 12.4 Å². The van der Waals surface area contributed by atoms with Crippen LogP contribution in [0, 0.1) is 0 Å². The van der Waals surface area contributed by atoms with Gasteiger partial charge in [0.05, 0.1) is 6.54 Å². The average Bonchev–Trinajstić information content (AvgIpc) is 3.17. The summed E-state index contributed by atoms with van der Waals surface area (Å²) in [5.41, 5.74) is 0. The van der Waals surface area contributed by atoms with Crippen LogP contribution in [0.2, 0.25) is 0 Å². The summed E-state index contributed by atoms with van der Waals surface area (Å²) in [5.74, 6) is 0.189.